The number of nitrogens with zero attached hydrogens (tertiary/aromatic N) is 1. The summed E-state index contributed by atoms with van der Waals surface area (Å²) in [6.45, 7) is 2.01. The lowest BCUT2D eigenvalue weighted by atomic mass is 10.2. The Kier molecular flexibility index (Phi) is 3.09. The van der Waals surface area contributed by atoms with Gasteiger partial charge in [-0.25, -0.2) is 0 Å². The van der Waals surface area contributed by atoms with E-state index >= 15 is 0 Å². The molecule has 0 aliphatic heterocycles. The van der Waals surface area contributed by atoms with Crippen molar-refractivity contribution >= 4 is 5.91 Å². The SMILES string of the molecule is NC(=O)C(CN(CC1CC1)C1CC1)NC1CC1. The van der Waals surface area contributed by atoms with E-state index in [2.05, 4.69) is 10.2 Å². The van der Waals surface area contributed by atoms with Crippen LogP contribution in [0.4, 0.5) is 0 Å². The van der Waals surface area contributed by atoms with Crippen LogP contribution in [0.2, 0.25) is 0 Å². The molecule has 96 valence electrons. The van der Waals surface area contributed by atoms with Gasteiger partial charge in [0.15, 0.2) is 0 Å². The zero-order chi connectivity index (χ0) is 11.8. The van der Waals surface area contributed by atoms with E-state index < -0.39 is 0 Å². The van der Waals surface area contributed by atoms with E-state index in [9.17, 15) is 4.79 Å². The Labute approximate surface area is 103 Å². The van der Waals surface area contributed by atoms with E-state index in [-0.39, 0.29) is 11.9 Å². The van der Waals surface area contributed by atoms with E-state index in [4.69, 9.17) is 5.73 Å². The summed E-state index contributed by atoms with van der Waals surface area (Å²) in [6, 6.07) is 1.15. The fraction of sp³-hybridized carbons (Fsp3) is 0.923. The number of nitrogens with two attached hydrogens (primary N) is 1. The van der Waals surface area contributed by atoms with Crippen molar-refractivity contribution in [1.82, 2.24) is 10.2 Å². The molecule has 0 heterocycles. The number of amides is 1. The normalized spacial score (nSPS) is 26.2. The molecular formula is C13H23N3O. The molecule has 0 aromatic rings. The Hall–Kier alpha value is -0.610. The number of carbonyl (C=O) groups excluding carboxylic acids is 1. The van der Waals surface area contributed by atoms with Crippen molar-refractivity contribution in [3.8, 4) is 0 Å². The van der Waals surface area contributed by atoms with E-state index in [1.165, 1.54) is 45.1 Å². The molecule has 1 amide bonds. The van der Waals surface area contributed by atoms with E-state index in [0.29, 0.717) is 6.04 Å². The summed E-state index contributed by atoms with van der Waals surface area (Å²) in [7, 11) is 0. The van der Waals surface area contributed by atoms with Crippen LogP contribution in [0.25, 0.3) is 0 Å². The number of nitrogens with one attached hydrogen (secondary N) is 1. The van der Waals surface area contributed by atoms with Crippen LogP contribution in [-0.4, -0.2) is 42.0 Å². The fourth-order valence-electron chi connectivity index (χ4n) is 2.44. The highest BCUT2D eigenvalue weighted by Gasteiger charge is 2.36. The number of primary amides is 1. The van der Waals surface area contributed by atoms with Gasteiger partial charge >= 0.3 is 0 Å². The molecule has 0 aromatic heterocycles. The quantitative estimate of drug-likeness (QED) is 0.645. The first-order valence-electron chi connectivity index (χ1n) is 7.02. The molecule has 0 spiro atoms. The number of hydrogen-bond donors (Lipinski definition) is 2. The van der Waals surface area contributed by atoms with Crippen LogP contribution in [-0.2, 0) is 4.79 Å². The average Bonchev–Trinajstić information content (AvgIpc) is 3.12. The van der Waals surface area contributed by atoms with Gasteiger partial charge in [-0.15, -0.1) is 0 Å². The molecule has 0 radical (unpaired) electrons. The third kappa shape index (κ3) is 3.42. The summed E-state index contributed by atoms with van der Waals surface area (Å²) in [4.78, 5) is 14.0. The van der Waals surface area contributed by atoms with Gasteiger partial charge in [0.05, 0.1) is 6.04 Å². The van der Waals surface area contributed by atoms with E-state index in [0.717, 1.165) is 18.5 Å². The maximum atomic E-state index is 11.5. The van der Waals surface area contributed by atoms with Crippen LogP contribution in [0.5, 0.6) is 0 Å². The van der Waals surface area contributed by atoms with Gasteiger partial charge in [-0.1, -0.05) is 0 Å². The van der Waals surface area contributed by atoms with Crippen LogP contribution in [0, 0.1) is 5.92 Å². The summed E-state index contributed by atoms with van der Waals surface area (Å²) < 4.78 is 0. The molecule has 3 fully saturated rings. The highest BCUT2D eigenvalue weighted by molar-refractivity contribution is 5.80. The van der Waals surface area contributed by atoms with Gasteiger partial charge in [-0.2, -0.15) is 0 Å². The lowest BCUT2D eigenvalue weighted by Gasteiger charge is -2.26. The lowest BCUT2D eigenvalue weighted by molar-refractivity contribution is -0.120. The zero-order valence-electron chi connectivity index (χ0n) is 10.4. The van der Waals surface area contributed by atoms with Crippen LogP contribution in [0.3, 0.4) is 0 Å². The molecule has 4 nitrogen and oxygen atoms in total. The van der Waals surface area contributed by atoms with Gasteiger partial charge in [0, 0.05) is 25.2 Å². The Balaban J connectivity index is 1.53. The number of carbonyl (C=O) groups is 1. The van der Waals surface area contributed by atoms with Crippen LogP contribution < -0.4 is 11.1 Å². The number of hydrogen-bond acceptors (Lipinski definition) is 3. The van der Waals surface area contributed by atoms with Crippen molar-refractivity contribution < 1.29 is 4.79 Å². The molecule has 0 bridgehead atoms. The molecule has 4 heteroatoms. The standard InChI is InChI=1S/C13H23N3O/c14-13(17)12(15-10-3-4-10)8-16(11-5-6-11)7-9-1-2-9/h9-12,15H,1-8H2,(H2,14,17). The smallest absolute Gasteiger partial charge is 0.235 e. The topological polar surface area (TPSA) is 58.4 Å². The van der Waals surface area contributed by atoms with Gasteiger partial charge in [0.1, 0.15) is 0 Å². The second-order valence-electron chi connectivity index (χ2n) is 6.02. The predicted molar refractivity (Wildman–Crippen MR) is 66.5 cm³/mol. The molecule has 17 heavy (non-hydrogen) atoms. The third-order valence-electron chi connectivity index (χ3n) is 4.03. The van der Waals surface area contributed by atoms with Gasteiger partial charge in [-0.05, 0) is 44.4 Å². The first-order chi connectivity index (χ1) is 8.22. The maximum absolute atomic E-state index is 11.5. The Morgan fingerprint density at radius 2 is 1.94 bits per heavy atom. The van der Waals surface area contributed by atoms with Gasteiger partial charge in [0.25, 0.3) is 0 Å². The first kappa shape index (κ1) is 11.5. The summed E-state index contributed by atoms with van der Waals surface area (Å²) in [6.07, 6.45) is 7.77. The van der Waals surface area contributed by atoms with Crippen molar-refractivity contribution in [2.45, 2.75) is 56.7 Å². The van der Waals surface area contributed by atoms with E-state index in [1.54, 1.807) is 0 Å². The van der Waals surface area contributed by atoms with Gasteiger partial charge in [0.2, 0.25) is 5.91 Å². The average molecular weight is 237 g/mol. The largest absolute Gasteiger partial charge is 0.368 e. The highest BCUT2D eigenvalue weighted by atomic mass is 16.1. The lowest BCUT2D eigenvalue weighted by Crippen LogP contribution is -2.50. The molecule has 0 saturated heterocycles. The van der Waals surface area contributed by atoms with Crippen LogP contribution in [0.1, 0.15) is 38.5 Å². The molecular weight excluding hydrogens is 214 g/mol. The summed E-state index contributed by atoms with van der Waals surface area (Å²) in [5.74, 6) is 0.711. The van der Waals surface area contributed by atoms with Crippen LogP contribution >= 0.6 is 0 Å². The minimum atomic E-state index is -0.182. The molecule has 3 aliphatic rings. The molecule has 0 aromatic carbocycles. The Bertz CT molecular complexity index is 295. The molecule has 3 saturated carbocycles. The van der Waals surface area contributed by atoms with Crippen molar-refractivity contribution in [1.29, 1.82) is 0 Å². The van der Waals surface area contributed by atoms with Gasteiger partial charge < -0.3 is 11.1 Å². The fourth-order valence-corrected chi connectivity index (χ4v) is 2.44. The molecule has 3 rings (SSSR count). The molecule has 3 N–H and O–H groups in total. The Morgan fingerprint density at radius 1 is 1.24 bits per heavy atom. The first-order valence-corrected chi connectivity index (χ1v) is 7.02. The summed E-state index contributed by atoms with van der Waals surface area (Å²) in [5, 5.41) is 3.38. The molecule has 1 unspecified atom stereocenters. The maximum Gasteiger partial charge on any atom is 0.235 e. The summed E-state index contributed by atoms with van der Waals surface area (Å²) >= 11 is 0. The number of rotatable bonds is 8. The predicted octanol–water partition coefficient (Wildman–Crippen LogP) is 0.467. The van der Waals surface area contributed by atoms with Crippen molar-refractivity contribution in [2.24, 2.45) is 11.7 Å². The van der Waals surface area contributed by atoms with Crippen molar-refractivity contribution in [3.05, 3.63) is 0 Å². The monoisotopic (exact) mass is 237 g/mol. The highest BCUT2D eigenvalue weighted by Crippen LogP contribution is 2.34. The second kappa shape index (κ2) is 4.58. The third-order valence-corrected chi connectivity index (χ3v) is 4.03. The molecule has 1 atom stereocenters. The minimum Gasteiger partial charge on any atom is -0.368 e. The second-order valence-corrected chi connectivity index (χ2v) is 6.02. The van der Waals surface area contributed by atoms with Crippen molar-refractivity contribution in [2.75, 3.05) is 13.1 Å². The van der Waals surface area contributed by atoms with E-state index in [1.807, 2.05) is 0 Å². The molecule has 3 aliphatic carbocycles. The van der Waals surface area contributed by atoms with Gasteiger partial charge in [-0.3, -0.25) is 9.69 Å². The van der Waals surface area contributed by atoms with Crippen molar-refractivity contribution in [3.63, 3.8) is 0 Å². The Morgan fingerprint density at radius 3 is 2.41 bits per heavy atom. The summed E-state index contributed by atoms with van der Waals surface area (Å²) in [5.41, 5.74) is 5.50. The minimum absolute atomic E-state index is 0.137. The van der Waals surface area contributed by atoms with Crippen LogP contribution in [0.15, 0.2) is 0 Å². The zero-order valence-corrected chi connectivity index (χ0v) is 10.4.